The van der Waals surface area contributed by atoms with Crippen molar-refractivity contribution in [3.8, 4) is 0 Å². The largest absolute Gasteiger partial charge is 0.331 e. The lowest BCUT2D eigenvalue weighted by Gasteiger charge is -2.24. The molecule has 0 N–H and O–H groups in total. The highest BCUT2D eigenvalue weighted by Crippen LogP contribution is 2.32. The third-order valence-corrected chi connectivity index (χ3v) is 8.49. The Kier molecular flexibility index (Phi) is 6.42. The number of hydrogen-bond donors (Lipinski definition) is 0. The lowest BCUT2D eigenvalue weighted by atomic mass is 10.0. The first kappa shape index (κ1) is 22.3. The van der Waals surface area contributed by atoms with Gasteiger partial charge in [-0.15, -0.1) is 0 Å². The quantitative estimate of drug-likeness (QED) is 0.580. The highest BCUT2D eigenvalue weighted by Gasteiger charge is 2.35. The van der Waals surface area contributed by atoms with Crippen molar-refractivity contribution in [1.82, 2.24) is 9.21 Å². The second kappa shape index (κ2) is 8.93. The second-order valence-electron chi connectivity index (χ2n) is 8.82. The maximum absolute atomic E-state index is 13.4. The first-order valence-electron chi connectivity index (χ1n) is 11.0. The van der Waals surface area contributed by atoms with Crippen LogP contribution in [-0.4, -0.2) is 42.7 Å². The Hall–Kier alpha value is -1.89. The van der Waals surface area contributed by atoms with E-state index in [1.165, 1.54) is 22.0 Å². The van der Waals surface area contributed by atoms with Crippen LogP contribution in [-0.2, 0) is 16.6 Å². The highest BCUT2D eigenvalue weighted by molar-refractivity contribution is 7.89. The predicted molar refractivity (Wildman–Crippen MR) is 123 cm³/mol. The summed E-state index contributed by atoms with van der Waals surface area (Å²) < 4.78 is 27.5. The molecule has 5 nitrogen and oxygen atoms in total. The molecule has 31 heavy (non-hydrogen) atoms. The standard InChI is InChI=1S/C24H29ClN2O3S/c1-17(2)19-7-5-18(6-8-19)16-27(21-10-11-21)24(28)20-9-12-22(25)23(15-20)31(29,30)26-13-3-4-14-26/h5-9,12,15,17,21H,3-4,10-11,13-14,16H2,1-2H3. The number of hydrogen-bond acceptors (Lipinski definition) is 3. The average Bonchev–Trinajstić information content (AvgIpc) is 3.43. The summed E-state index contributed by atoms with van der Waals surface area (Å²) in [4.78, 5) is 15.3. The monoisotopic (exact) mass is 460 g/mol. The van der Waals surface area contributed by atoms with Crippen LogP contribution in [0.2, 0.25) is 5.02 Å². The van der Waals surface area contributed by atoms with Crippen LogP contribution < -0.4 is 0 Å². The number of nitrogens with zero attached hydrogens (tertiary/aromatic N) is 2. The third kappa shape index (κ3) is 4.81. The fraction of sp³-hybridized carbons (Fsp3) is 0.458. The molecule has 1 aliphatic carbocycles. The molecule has 1 amide bonds. The van der Waals surface area contributed by atoms with Crippen LogP contribution >= 0.6 is 11.6 Å². The Balaban J connectivity index is 1.59. The van der Waals surface area contributed by atoms with Gasteiger partial charge in [-0.3, -0.25) is 4.79 Å². The van der Waals surface area contributed by atoms with Gasteiger partial charge in [0.05, 0.1) is 5.02 Å². The smallest absolute Gasteiger partial charge is 0.254 e. The molecular formula is C24H29ClN2O3S. The van der Waals surface area contributed by atoms with Crippen LogP contribution in [0.3, 0.4) is 0 Å². The van der Waals surface area contributed by atoms with Gasteiger partial charge >= 0.3 is 0 Å². The summed E-state index contributed by atoms with van der Waals surface area (Å²) in [5.74, 6) is 0.310. The number of benzene rings is 2. The lowest BCUT2D eigenvalue weighted by Crippen LogP contribution is -2.33. The summed E-state index contributed by atoms with van der Waals surface area (Å²) in [7, 11) is -3.70. The van der Waals surface area contributed by atoms with Gasteiger partial charge in [0, 0.05) is 31.2 Å². The summed E-state index contributed by atoms with van der Waals surface area (Å²) in [5.41, 5.74) is 2.71. The molecule has 0 aromatic heterocycles. The van der Waals surface area contributed by atoms with E-state index >= 15 is 0 Å². The Morgan fingerprint density at radius 1 is 1.10 bits per heavy atom. The van der Waals surface area contributed by atoms with Gasteiger partial charge in [0.2, 0.25) is 10.0 Å². The molecule has 2 aliphatic rings. The molecule has 4 rings (SSSR count). The zero-order valence-corrected chi connectivity index (χ0v) is 19.6. The zero-order chi connectivity index (χ0) is 22.2. The summed E-state index contributed by atoms with van der Waals surface area (Å²) in [6.07, 6.45) is 3.64. The number of sulfonamides is 1. The van der Waals surface area contributed by atoms with Crippen molar-refractivity contribution < 1.29 is 13.2 Å². The van der Waals surface area contributed by atoms with Crippen molar-refractivity contribution >= 4 is 27.5 Å². The van der Waals surface area contributed by atoms with E-state index in [1.807, 2.05) is 4.90 Å². The van der Waals surface area contributed by atoms with Crippen molar-refractivity contribution in [2.24, 2.45) is 0 Å². The molecule has 1 saturated carbocycles. The molecule has 0 bridgehead atoms. The topological polar surface area (TPSA) is 57.7 Å². The molecule has 0 spiro atoms. The van der Waals surface area contributed by atoms with Crippen LogP contribution in [0.15, 0.2) is 47.4 Å². The molecule has 0 radical (unpaired) electrons. The zero-order valence-electron chi connectivity index (χ0n) is 18.1. The van der Waals surface area contributed by atoms with Crippen LogP contribution in [0.5, 0.6) is 0 Å². The molecule has 2 aromatic carbocycles. The van der Waals surface area contributed by atoms with E-state index in [4.69, 9.17) is 11.6 Å². The van der Waals surface area contributed by atoms with Crippen molar-refractivity contribution in [3.05, 3.63) is 64.2 Å². The van der Waals surface area contributed by atoms with Crippen molar-refractivity contribution in [1.29, 1.82) is 0 Å². The molecular weight excluding hydrogens is 432 g/mol. The van der Waals surface area contributed by atoms with Gasteiger partial charge < -0.3 is 4.90 Å². The maximum atomic E-state index is 13.4. The van der Waals surface area contributed by atoms with E-state index in [0.717, 1.165) is 31.2 Å². The molecule has 7 heteroatoms. The first-order valence-corrected chi connectivity index (χ1v) is 12.8. The highest BCUT2D eigenvalue weighted by atomic mass is 35.5. The molecule has 166 valence electrons. The molecule has 0 unspecified atom stereocenters. The number of halogens is 1. The van der Waals surface area contributed by atoms with E-state index in [0.29, 0.717) is 31.1 Å². The minimum Gasteiger partial charge on any atom is -0.331 e. The van der Waals surface area contributed by atoms with Gasteiger partial charge in [-0.05, 0) is 60.9 Å². The van der Waals surface area contributed by atoms with Gasteiger partial charge in [0.25, 0.3) is 5.91 Å². The number of carbonyl (C=O) groups excluding carboxylic acids is 1. The second-order valence-corrected chi connectivity index (χ2v) is 11.1. The van der Waals surface area contributed by atoms with Gasteiger partial charge in [-0.2, -0.15) is 4.31 Å². The minimum atomic E-state index is -3.70. The SMILES string of the molecule is CC(C)c1ccc(CN(C(=O)c2ccc(Cl)c(S(=O)(=O)N3CCCC3)c2)C2CC2)cc1. The summed E-state index contributed by atoms with van der Waals surface area (Å²) >= 11 is 6.26. The lowest BCUT2D eigenvalue weighted by molar-refractivity contribution is 0.0729. The first-order chi connectivity index (χ1) is 14.8. The summed E-state index contributed by atoms with van der Waals surface area (Å²) in [5, 5.41) is 0.158. The molecule has 1 heterocycles. The molecule has 2 aromatic rings. The number of carbonyl (C=O) groups is 1. The van der Waals surface area contributed by atoms with Crippen LogP contribution in [0.25, 0.3) is 0 Å². The Bertz CT molecular complexity index is 1060. The molecule has 2 fully saturated rings. The van der Waals surface area contributed by atoms with E-state index < -0.39 is 10.0 Å². The number of amides is 1. The van der Waals surface area contributed by atoms with Crippen molar-refractivity contribution in [2.45, 2.75) is 62.9 Å². The van der Waals surface area contributed by atoms with Crippen molar-refractivity contribution in [3.63, 3.8) is 0 Å². The Morgan fingerprint density at radius 2 is 1.74 bits per heavy atom. The predicted octanol–water partition coefficient (Wildman–Crippen LogP) is 5.05. The van der Waals surface area contributed by atoms with E-state index in [9.17, 15) is 13.2 Å². The van der Waals surface area contributed by atoms with Gasteiger partial charge in [0.15, 0.2) is 0 Å². The summed E-state index contributed by atoms with van der Waals surface area (Å²) in [6, 6.07) is 13.2. The van der Waals surface area contributed by atoms with Crippen LogP contribution in [0, 0.1) is 0 Å². The van der Waals surface area contributed by atoms with Crippen LogP contribution in [0.4, 0.5) is 0 Å². The van der Waals surface area contributed by atoms with Crippen molar-refractivity contribution in [2.75, 3.05) is 13.1 Å². The Labute approximate surface area is 190 Å². The molecule has 0 atom stereocenters. The fourth-order valence-electron chi connectivity index (χ4n) is 4.03. The Morgan fingerprint density at radius 3 is 2.32 bits per heavy atom. The summed E-state index contributed by atoms with van der Waals surface area (Å²) in [6.45, 7) is 5.82. The molecule has 1 saturated heterocycles. The maximum Gasteiger partial charge on any atom is 0.254 e. The van der Waals surface area contributed by atoms with E-state index in [1.54, 1.807) is 6.07 Å². The van der Waals surface area contributed by atoms with Gasteiger partial charge in [0.1, 0.15) is 4.90 Å². The van der Waals surface area contributed by atoms with E-state index in [2.05, 4.69) is 38.1 Å². The van der Waals surface area contributed by atoms with Gasteiger partial charge in [-0.25, -0.2) is 8.42 Å². The average molecular weight is 461 g/mol. The minimum absolute atomic E-state index is 0.0268. The van der Waals surface area contributed by atoms with E-state index in [-0.39, 0.29) is 21.9 Å². The normalized spacial score (nSPS) is 17.3. The third-order valence-electron chi connectivity index (χ3n) is 6.11. The molecule has 1 aliphatic heterocycles. The van der Waals surface area contributed by atoms with Gasteiger partial charge in [-0.1, -0.05) is 49.7 Å². The number of rotatable bonds is 7. The van der Waals surface area contributed by atoms with Crippen LogP contribution in [0.1, 0.15) is 66.9 Å². The fourth-order valence-corrected chi connectivity index (χ4v) is 6.04.